The molecule has 4 fully saturated rings. The van der Waals surface area contributed by atoms with Gasteiger partial charge >= 0.3 is 0 Å². The number of carbonyl (C=O) groups is 8. The second-order valence-electron chi connectivity index (χ2n) is 23.2. The molecule has 38 heteroatoms. The van der Waals surface area contributed by atoms with Crippen molar-refractivity contribution < 1.29 is 146 Å². The van der Waals surface area contributed by atoms with E-state index in [9.17, 15) is 84.3 Å². The predicted molar refractivity (Wildman–Crippen MR) is 328 cm³/mol. The van der Waals surface area contributed by atoms with E-state index in [-0.39, 0.29) is 144 Å². The highest BCUT2D eigenvalue weighted by atomic mass is 16.7. The van der Waals surface area contributed by atoms with Crippen molar-refractivity contribution in [3.63, 3.8) is 0 Å². The highest BCUT2D eigenvalue weighted by molar-refractivity contribution is 5.94. The van der Waals surface area contributed by atoms with Gasteiger partial charge in [-0.25, -0.2) is 0 Å². The summed E-state index contributed by atoms with van der Waals surface area (Å²) in [6.07, 6.45) is -13.5. The lowest BCUT2D eigenvalue weighted by Crippen LogP contribution is -2.70. The minimum absolute atomic E-state index is 0.00997. The van der Waals surface area contributed by atoms with Crippen molar-refractivity contribution in [2.75, 3.05) is 165 Å². The normalized spacial score (nSPS) is 28.4. The van der Waals surface area contributed by atoms with E-state index in [1.54, 1.807) is 7.11 Å². The minimum atomic E-state index is -1.81. The first kappa shape index (κ1) is 84.3. The van der Waals surface area contributed by atoms with Gasteiger partial charge in [0.2, 0.25) is 47.3 Å². The van der Waals surface area contributed by atoms with Gasteiger partial charge in [-0.15, -0.1) is 0 Å². The Bertz CT molecular complexity index is 2340. The van der Waals surface area contributed by atoms with Crippen LogP contribution in [0.25, 0.3) is 0 Å². The third-order valence-corrected chi connectivity index (χ3v) is 15.8. The number of ether oxygens (including phenoxy) is 13. The van der Waals surface area contributed by atoms with Crippen LogP contribution in [0.3, 0.4) is 0 Å². The molecule has 0 aromatic carbocycles. The van der Waals surface area contributed by atoms with Crippen LogP contribution in [0.5, 0.6) is 0 Å². The van der Waals surface area contributed by atoms with Crippen LogP contribution in [0.2, 0.25) is 0 Å². The SMILES string of the molecule is COC1CCC(C(=O)NC(CCC(=O)NCCOCCOCCOC2OC(CO)C(O)C(O)C2NC(C)=O)C(=O)N(CC(=O)NCCOCCOCCOC2OC(CO)C(O)C(O)C2NC(C)=O)CC(=O)NCCOCCOCCOC2(NC(C)=O)CO[C@H](CO)C(O)C2O)CC1. The van der Waals surface area contributed by atoms with E-state index in [1.807, 2.05) is 0 Å². The van der Waals surface area contributed by atoms with E-state index >= 15 is 0 Å². The molecule has 38 nitrogen and oxygen atoms in total. The Hall–Kier alpha value is -5.12. The molecule has 0 aromatic heterocycles. The van der Waals surface area contributed by atoms with Gasteiger partial charge in [-0.2, -0.15) is 0 Å². The molecule has 1 saturated carbocycles. The zero-order valence-electron chi connectivity index (χ0n) is 55.5. The third-order valence-electron chi connectivity index (χ3n) is 15.8. The van der Waals surface area contributed by atoms with E-state index < -0.39 is 177 Å². The maximum absolute atomic E-state index is 14.6. The molecule has 560 valence electrons. The van der Waals surface area contributed by atoms with Crippen molar-refractivity contribution in [1.82, 2.24) is 42.1 Å². The van der Waals surface area contributed by atoms with Crippen molar-refractivity contribution >= 4 is 47.3 Å². The Morgan fingerprint density at radius 1 is 0.515 bits per heavy atom. The Labute approximate surface area is 561 Å². The van der Waals surface area contributed by atoms with Crippen LogP contribution in [0.4, 0.5) is 0 Å². The number of amides is 8. The van der Waals surface area contributed by atoms with Crippen molar-refractivity contribution in [2.24, 2.45) is 5.92 Å². The molecule has 0 aromatic rings. The summed E-state index contributed by atoms with van der Waals surface area (Å²) in [5.41, 5.74) is -1.81. The largest absolute Gasteiger partial charge is 0.394 e. The molecule has 97 heavy (non-hydrogen) atoms. The lowest BCUT2D eigenvalue weighted by atomic mass is 9.86. The summed E-state index contributed by atoms with van der Waals surface area (Å²) in [7, 11) is 1.58. The average molecular weight is 1410 g/mol. The third kappa shape index (κ3) is 29.9. The van der Waals surface area contributed by atoms with Crippen LogP contribution in [-0.4, -0.2) is 361 Å². The number of nitrogens with zero attached hydrogens (tertiary/aromatic N) is 1. The van der Waals surface area contributed by atoms with Gasteiger partial charge in [-0.1, -0.05) is 0 Å². The first-order chi connectivity index (χ1) is 46.5. The van der Waals surface area contributed by atoms with Crippen LogP contribution in [-0.2, 0) is 99.9 Å². The molecule has 4 rings (SSSR count). The molecule has 3 saturated heterocycles. The molecule has 14 unspecified atom stereocenters. The number of rotatable bonds is 47. The van der Waals surface area contributed by atoms with Crippen molar-refractivity contribution in [3.8, 4) is 0 Å². The maximum atomic E-state index is 14.6. The van der Waals surface area contributed by atoms with Gasteiger partial charge < -0.3 is 150 Å². The standard InChI is InChI=1S/C59H104N8O30/c1-35(71)63-47-52(80)49(77)42(32-69)96-57(47)92-26-23-89-20-17-86-14-11-60-44(74)10-9-40(65-55(83)38-5-7-39(85-4)8-6-38)56(84)67(29-45(75)61-12-15-87-18-21-90-24-27-93-58-48(64-36(2)72)53(81)50(78)43(33-70)97-58)30-46(76)62-13-16-88-19-22-91-25-28-95-59(66-37(3)73)34-94-41(31-68)51(79)54(59)82/h38-43,47-54,57-58,68-70,77-82H,5-34H2,1-4H3,(H,60,74)(H,61,75)(H,62,76)(H,63,71)(H,64,72)(H,65,83)(H,66,73)/t38?,39?,40?,41-,42?,43?,47?,48?,49?,50?,51?,52?,53?,54?,57?,58?,59?/m1/s1. The Morgan fingerprint density at radius 2 is 0.938 bits per heavy atom. The van der Waals surface area contributed by atoms with Gasteiger partial charge in [0.05, 0.1) is 132 Å². The predicted octanol–water partition coefficient (Wildman–Crippen LogP) is -9.38. The molecule has 0 bridgehead atoms. The second kappa shape index (κ2) is 46.3. The lowest BCUT2D eigenvalue weighted by Gasteiger charge is -2.45. The Balaban J connectivity index is 1.29. The summed E-state index contributed by atoms with van der Waals surface area (Å²) in [4.78, 5) is 105. The van der Waals surface area contributed by atoms with E-state index in [4.69, 9.17) is 61.6 Å². The molecule has 16 N–H and O–H groups in total. The van der Waals surface area contributed by atoms with Gasteiger partial charge in [0.25, 0.3) is 0 Å². The first-order valence-corrected chi connectivity index (χ1v) is 32.4. The van der Waals surface area contributed by atoms with Crippen LogP contribution in [0.1, 0.15) is 59.3 Å². The summed E-state index contributed by atoms with van der Waals surface area (Å²) in [5, 5.41) is 109. The number of hydrogen-bond donors (Lipinski definition) is 16. The summed E-state index contributed by atoms with van der Waals surface area (Å²) in [5.74, 6) is -5.34. The molecule has 0 radical (unpaired) electrons. The molecule has 4 aliphatic rings. The van der Waals surface area contributed by atoms with E-state index in [1.165, 1.54) is 20.8 Å². The first-order valence-electron chi connectivity index (χ1n) is 32.4. The molecule has 0 spiro atoms. The molecular formula is C59H104N8O30. The molecule has 8 amide bonds. The summed E-state index contributed by atoms with van der Waals surface area (Å²) >= 11 is 0. The van der Waals surface area contributed by atoms with Gasteiger partial charge in [0, 0.05) is 59.9 Å². The zero-order chi connectivity index (χ0) is 71.3. The van der Waals surface area contributed by atoms with Gasteiger partial charge in [-0.05, 0) is 32.1 Å². The maximum Gasteiger partial charge on any atom is 0.246 e. The van der Waals surface area contributed by atoms with E-state index in [2.05, 4.69) is 37.2 Å². The minimum Gasteiger partial charge on any atom is -0.394 e. The smallest absolute Gasteiger partial charge is 0.246 e. The number of aliphatic hydroxyl groups is 9. The molecule has 15 atom stereocenters. The fourth-order valence-electron chi connectivity index (χ4n) is 10.7. The van der Waals surface area contributed by atoms with E-state index in [0.29, 0.717) is 25.7 Å². The van der Waals surface area contributed by atoms with Crippen LogP contribution in [0, 0.1) is 5.92 Å². The Kier molecular flexibility index (Phi) is 40.3. The van der Waals surface area contributed by atoms with E-state index in [0.717, 1.165) is 4.90 Å². The van der Waals surface area contributed by atoms with Crippen LogP contribution < -0.4 is 37.2 Å². The summed E-state index contributed by atoms with van der Waals surface area (Å²) in [6, 6.07) is -3.64. The number of carbonyl (C=O) groups excluding carboxylic acids is 8. The van der Waals surface area contributed by atoms with Crippen molar-refractivity contribution in [2.45, 2.75) is 157 Å². The fourth-order valence-corrected chi connectivity index (χ4v) is 10.7. The molecular weight excluding hydrogens is 1300 g/mol. The highest BCUT2D eigenvalue weighted by Crippen LogP contribution is 2.28. The monoisotopic (exact) mass is 1400 g/mol. The van der Waals surface area contributed by atoms with Crippen molar-refractivity contribution in [1.29, 1.82) is 0 Å². The topological polar surface area (TPSA) is 526 Å². The second-order valence-corrected chi connectivity index (χ2v) is 23.2. The Morgan fingerprint density at radius 3 is 1.36 bits per heavy atom. The fraction of sp³-hybridized carbons (Fsp3) is 0.864. The van der Waals surface area contributed by atoms with Gasteiger partial charge in [0.15, 0.2) is 18.3 Å². The van der Waals surface area contributed by atoms with Crippen LogP contribution in [0.15, 0.2) is 0 Å². The zero-order valence-corrected chi connectivity index (χ0v) is 55.5. The summed E-state index contributed by atoms with van der Waals surface area (Å²) in [6.45, 7) is 0.116. The quantitative estimate of drug-likeness (QED) is 0.0199. The lowest BCUT2D eigenvalue weighted by molar-refractivity contribution is -0.272. The van der Waals surface area contributed by atoms with Gasteiger partial charge in [0.1, 0.15) is 86.2 Å². The molecule has 3 aliphatic heterocycles. The highest BCUT2D eigenvalue weighted by Gasteiger charge is 2.52. The summed E-state index contributed by atoms with van der Waals surface area (Å²) < 4.78 is 72.2. The van der Waals surface area contributed by atoms with Crippen LogP contribution >= 0.6 is 0 Å². The van der Waals surface area contributed by atoms with Crippen molar-refractivity contribution in [3.05, 3.63) is 0 Å². The number of aliphatic hydroxyl groups excluding tert-OH is 9. The number of nitrogens with one attached hydrogen (secondary N) is 7. The molecule has 3 heterocycles. The molecule has 1 aliphatic carbocycles. The van der Waals surface area contributed by atoms with Gasteiger partial charge in [-0.3, -0.25) is 38.4 Å². The number of hydrogen-bond acceptors (Lipinski definition) is 30. The average Bonchev–Trinajstić information content (AvgIpc) is 0.812. The number of methoxy groups -OCH3 is 1.